The molecule has 0 saturated carbocycles. The van der Waals surface area contributed by atoms with E-state index in [2.05, 4.69) is 0 Å². The highest BCUT2D eigenvalue weighted by atomic mass is 16.6. The molecule has 0 bridgehead atoms. The first-order valence-corrected chi connectivity index (χ1v) is 6.73. The van der Waals surface area contributed by atoms with Gasteiger partial charge in [-0.15, -0.1) is 0 Å². The predicted molar refractivity (Wildman–Crippen MR) is 74.5 cm³/mol. The molecular weight excluding hydrogens is 258 g/mol. The van der Waals surface area contributed by atoms with E-state index in [0.29, 0.717) is 17.7 Å². The van der Waals surface area contributed by atoms with Crippen LogP contribution in [-0.4, -0.2) is 29.2 Å². The molecule has 1 saturated heterocycles. The molecule has 6 nitrogen and oxygen atoms in total. The molecule has 1 unspecified atom stereocenters. The van der Waals surface area contributed by atoms with E-state index in [4.69, 9.17) is 10.4 Å². The highest BCUT2D eigenvalue weighted by Crippen LogP contribution is 2.35. The van der Waals surface area contributed by atoms with Crippen LogP contribution in [0.25, 0.3) is 0 Å². The molecule has 6 heteroatoms. The Balaban J connectivity index is 2.31. The Morgan fingerprint density at radius 2 is 2.35 bits per heavy atom. The van der Waals surface area contributed by atoms with E-state index < -0.39 is 4.92 Å². The van der Waals surface area contributed by atoms with Gasteiger partial charge < -0.3 is 10.0 Å². The Morgan fingerprint density at radius 1 is 1.55 bits per heavy atom. The zero-order chi connectivity index (χ0) is 14.5. The number of nitrogens with zero attached hydrogens (tertiary/aromatic N) is 3. The highest BCUT2D eigenvalue weighted by molar-refractivity contribution is 5.66. The normalized spacial score (nSPS) is 18.0. The Bertz CT molecular complexity index is 539. The summed E-state index contributed by atoms with van der Waals surface area (Å²) in [7, 11) is 0. The Kier molecular flexibility index (Phi) is 4.53. The number of hydrogen-bond acceptors (Lipinski definition) is 5. The van der Waals surface area contributed by atoms with Crippen LogP contribution < -0.4 is 4.90 Å². The average Bonchev–Trinajstić information content (AvgIpc) is 2.92. The maximum atomic E-state index is 11.2. The van der Waals surface area contributed by atoms with Gasteiger partial charge in [0.2, 0.25) is 0 Å². The molecule has 0 spiro atoms. The van der Waals surface area contributed by atoms with Crippen molar-refractivity contribution in [2.75, 3.05) is 18.1 Å². The maximum absolute atomic E-state index is 11.2. The quantitative estimate of drug-likeness (QED) is 0.657. The third-order valence-electron chi connectivity index (χ3n) is 3.68. The third kappa shape index (κ3) is 2.89. The molecule has 1 aliphatic heterocycles. The van der Waals surface area contributed by atoms with Crippen molar-refractivity contribution in [3.8, 4) is 6.07 Å². The van der Waals surface area contributed by atoms with Crippen molar-refractivity contribution in [3.63, 3.8) is 0 Å². The molecule has 1 atom stereocenters. The van der Waals surface area contributed by atoms with Crippen LogP contribution in [0.2, 0.25) is 0 Å². The minimum Gasteiger partial charge on any atom is -0.396 e. The lowest BCUT2D eigenvalue weighted by Gasteiger charge is -2.26. The molecule has 1 fully saturated rings. The van der Waals surface area contributed by atoms with E-state index in [1.54, 1.807) is 12.1 Å². The molecule has 1 aromatic rings. The van der Waals surface area contributed by atoms with Crippen LogP contribution in [0.1, 0.15) is 31.2 Å². The van der Waals surface area contributed by atoms with Crippen molar-refractivity contribution in [2.24, 2.45) is 0 Å². The largest absolute Gasteiger partial charge is 0.396 e. The van der Waals surface area contributed by atoms with E-state index in [1.807, 2.05) is 11.0 Å². The summed E-state index contributed by atoms with van der Waals surface area (Å²) in [5, 5.41) is 29.0. The molecule has 106 valence electrons. The monoisotopic (exact) mass is 275 g/mol. The van der Waals surface area contributed by atoms with Crippen molar-refractivity contribution < 1.29 is 10.0 Å². The highest BCUT2D eigenvalue weighted by Gasteiger charge is 2.29. The number of nitro benzene ring substituents is 1. The third-order valence-corrected chi connectivity index (χ3v) is 3.68. The van der Waals surface area contributed by atoms with Gasteiger partial charge in [-0.05, 0) is 37.8 Å². The first-order chi connectivity index (χ1) is 9.67. The van der Waals surface area contributed by atoms with E-state index >= 15 is 0 Å². The lowest BCUT2D eigenvalue weighted by Crippen LogP contribution is -2.29. The number of rotatable bonds is 5. The summed E-state index contributed by atoms with van der Waals surface area (Å²) in [6.45, 7) is 0.919. The second-order valence-corrected chi connectivity index (χ2v) is 4.93. The number of nitriles is 1. The number of benzene rings is 1. The van der Waals surface area contributed by atoms with Crippen LogP contribution in [0.3, 0.4) is 0 Å². The van der Waals surface area contributed by atoms with Gasteiger partial charge in [0.15, 0.2) is 0 Å². The molecule has 1 N–H and O–H groups in total. The Hall–Kier alpha value is -2.13. The van der Waals surface area contributed by atoms with Gasteiger partial charge >= 0.3 is 0 Å². The summed E-state index contributed by atoms with van der Waals surface area (Å²) in [4.78, 5) is 12.8. The van der Waals surface area contributed by atoms with Crippen molar-refractivity contribution in [1.29, 1.82) is 5.26 Å². The second-order valence-electron chi connectivity index (χ2n) is 4.93. The van der Waals surface area contributed by atoms with Crippen molar-refractivity contribution in [2.45, 2.75) is 31.7 Å². The van der Waals surface area contributed by atoms with Crippen LogP contribution >= 0.6 is 0 Å². The van der Waals surface area contributed by atoms with Crippen molar-refractivity contribution >= 4 is 11.4 Å². The summed E-state index contributed by atoms with van der Waals surface area (Å²) in [6, 6.07) is 6.77. The number of hydrogen-bond donors (Lipinski definition) is 1. The van der Waals surface area contributed by atoms with E-state index in [9.17, 15) is 10.1 Å². The number of anilines is 1. The number of aliphatic hydroxyl groups excluding tert-OH is 1. The molecule has 20 heavy (non-hydrogen) atoms. The fourth-order valence-corrected chi connectivity index (χ4v) is 2.76. The number of aliphatic hydroxyl groups is 1. The van der Waals surface area contributed by atoms with Gasteiger partial charge in [0.1, 0.15) is 5.69 Å². The molecule has 1 heterocycles. The SMILES string of the molecule is N#Cc1ccc(N2CCCC2CCCO)c([N+](=O)[O-])c1. The summed E-state index contributed by atoms with van der Waals surface area (Å²) in [6.07, 6.45) is 3.50. The first-order valence-electron chi connectivity index (χ1n) is 6.73. The van der Waals surface area contributed by atoms with Crippen molar-refractivity contribution in [3.05, 3.63) is 33.9 Å². The minimum atomic E-state index is -0.433. The number of nitro groups is 1. The molecule has 0 radical (unpaired) electrons. The van der Waals surface area contributed by atoms with Crippen LogP contribution in [0, 0.1) is 21.4 Å². The molecule has 1 aliphatic rings. The lowest BCUT2D eigenvalue weighted by molar-refractivity contribution is -0.384. The molecule has 0 aliphatic carbocycles. The van der Waals surface area contributed by atoms with Gasteiger partial charge in [0.25, 0.3) is 5.69 Å². The fraction of sp³-hybridized carbons (Fsp3) is 0.500. The van der Waals surface area contributed by atoms with Crippen LogP contribution in [0.5, 0.6) is 0 Å². The van der Waals surface area contributed by atoms with Gasteiger partial charge in [-0.3, -0.25) is 10.1 Å². The minimum absolute atomic E-state index is 0.0139. The zero-order valence-corrected chi connectivity index (χ0v) is 11.2. The summed E-state index contributed by atoms with van der Waals surface area (Å²) >= 11 is 0. The zero-order valence-electron chi connectivity index (χ0n) is 11.2. The van der Waals surface area contributed by atoms with Crippen LogP contribution in [0.4, 0.5) is 11.4 Å². The average molecular weight is 275 g/mol. The Labute approximate surface area is 117 Å². The fourth-order valence-electron chi connectivity index (χ4n) is 2.76. The van der Waals surface area contributed by atoms with Gasteiger partial charge in [0.05, 0.1) is 16.6 Å². The predicted octanol–water partition coefficient (Wildman–Crippen LogP) is 2.21. The topological polar surface area (TPSA) is 90.4 Å². The maximum Gasteiger partial charge on any atom is 0.293 e. The van der Waals surface area contributed by atoms with Gasteiger partial charge in [0, 0.05) is 25.3 Å². The molecular formula is C14H17N3O3. The lowest BCUT2D eigenvalue weighted by atomic mass is 10.1. The standard InChI is InChI=1S/C14H17N3O3/c15-10-11-5-6-13(14(9-11)17(19)20)16-7-1-3-12(16)4-2-8-18/h5-6,9,12,18H,1-4,7-8H2. The van der Waals surface area contributed by atoms with Gasteiger partial charge in [-0.25, -0.2) is 0 Å². The molecule has 0 amide bonds. The van der Waals surface area contributed by atoms with Crippen LogP contribution in [-0.2, 0) is 0 Å². The molecule has 2 rings (SSSR count). The second kappa shape index (κ2) is 6.35. The van der Waals surface area contributed by atoms with E-state index in [0.717, 1.165) is 25.8 Å². The molecule has 1 aromatic carbocycles. The first kappa shape index (κ1) is 14.3. The van der Waals surface area contributed by atoms with E-state index in [-0.39, 0.29) is 18.3 Å². The van der Waals surface area contributed by atoms with Gasteiger partial charge in [-0.1, -0.05) is 0 Å². The van der Waals surface area contributed by atoms with Gasteiger partial charge in [-0.2, -0.15) is 5.26 Å². The summed E-state index contributed by atoms with van der Waals surface area (Å²) in [5.74, 6) is 0. The van der Waals surface area contributed by atoms with Crippen LogP contribution in [0.15, 0.2) is 18.2 Å². The van der Waals surface area contributed by atoms with E-state index in [1.165, 1.54) is 6.07 Å². The van der Waals surface area contributed by atoms with Crippen molar-refractivity contribution in [1.82, 2.24) is 0 Å². The Morgan fingerprint density at radius 3 is 3.00 bits per heavy atom. The summed E-state index contributed by atoms with van der Waals surface area (Å²) < 4.78 is 0. The smallest absolute Gasteiger partial charge is 0.293 e. The summed E-state index contributed by atoms with van der Waals surface area (Å²) in [5.41, 5.74) is 0.862. The molecule has 0 aromatic heterocycles.